The summed E-state index contributed by atoms with van der Waals surface area (Å²) in [5, 5.41) is 3.54. The zero-order valence-corrected chi connectivity index (χ0v) is 14.9. The number of aryl methyl sites for hydroxylation is 1. The molecule has 0 bridgehead atoms. The quantitative estimate of drug-likeness (QED) is 0.898. The van der Waals surface area contributed by atoms with Gasteiger partial charge in [0.1, 0.15) is 0 Å². The van der Waals surface area contributed by atoms with Crippen LogP contribution in [0.2, 0.25) is 5.02 Å². The van der Waals surface area contributed by atoms with E-state index in [1.807, 2.05) is 31.2 Å². The van der Waals surface area contributed by atoms with Crippen LogP contribution in [-0.2, 0) is 4.79 Å². The second-order valence-electron chi connectivity index (χ2n) is 6.45. The van der Waals surface area contributed by atoms with E-state index < -0.39 is 0 Å². The standard InChI is InChI=1S/C20H21ClN2O2/c1-14-4-6-15(7-5-14)20(25)23-12-2-3-16(13-23)19(24)22-18-10-8-17(21)9-11-18/h4-11,16H,2-3,12-13H2,1H3,(H,22,24). The summed E-state index contributed by atoms with van der Waals surface area (Å²) in [4.78, 5) is 27.0. The highest BCUT2D eigenvalue weighted by Crippen LogP contribution is 2.21. The fourth-order valence-corrected chi connectivity index (χ4v) is 3.16. The molecule has 2 aromatic carbocycles. The number of carbonyl (C=O) groups excluding carboxylic acids is 2. The molecule has 2 amide bonds. The molecule has 1 aliphatic rings. The van der Waals surface area contributed by atoms with Crippen molar-refractivity contribution >= 4 is 29.1 Å². The Bertz CT molecular complexity index is 756. The van der Waals surface area contributed by atoms with Crippen LogP contribution in [0, 0.1) is 12.8 Å². The minimum atomic E-state index is -0.196. The van der Waals surface area contributed by atoms with E-state index in [-0.39, 0.29) is 17.7 Å². The summed E-state index contributed by atoms with van der Waals surface area (Å²) in [5.74, 6) is -0.258. The Balaban J connectivity index is 1.63. The highest BCUT2D eigenvalue weighted by atomic mass is 35.5. The van der Waals surface area contributed by atoms with Crippen LogP contribution in [0.15, 0.2) is 48.5 Å². The maximum Gasteiger partial charge on any atom is 0.253 e. The molecule has 130 valence electrons. The van der Waals surface area contributed by atoms with Gasteiger partial charge in [-0.2, -0.15) is 0 Å². The molecule has 3 rings (SSSR count). The fourth-order valence-electron chi connectivity index (χ4n) is 3.03. The number of piperidine rings is 1. The van der Waals surface area contributed by atoms with Crippen molar-refractivity contribution in [3.8, 4) is 0 Å². The van der Waals surface area contributed by atoms with E-state index in [1.165, 1.54) is 0 Å². The molecule has 0 spiro atoms. The van der Waals surface area contributed by atoms with E-state index in [0.29, 0.717) is 23.7 Å². The number of nitrogens with one attached hydrogen (secondary N) is 1. The minimum Gasteiger partial charge on any atom is -0.338 e. The first-order valence-electron chi connectivity index (χ1n) is 8.45. The zero-order chi connectivity index (χ0) is 17.8. The van der Waals surface area contributed by atoms with Gasteiger partial charge in [0.2, 0.25) is 5.91 Å². The SMILES string of the molecule is Cc1ccc(C(=O)N2CCCC(C(=O)Nc3ccc(Cl)cc3)C2)cc1. The fraction of sp³-hybridized carbons (Fsp3) is 0.300. The molecule has 25 heavy (non-hydrogen) atoms. The summed E-state index contributed by atoms with van der Waals surface area (Å²) in [7, 11) is 0. The average Bonchev–Trinajstić information content (AvgIpc) is 2.64. The molecule has 1 N–H and O–H groups in total. The molecule has 4 nitrogen and oxygen atoms in total. The molecule has 1 fully saturated rings. The number of benzene rings is 2. The molecule has 0 aromatic heterocycles. The number of nitrogens with zero attached hydrogens (tertiary/aromatic N) is 1. The van der Waals surface area contributed by atoms with Crippen LogP contribution in [0.1, 0.15) is 28.8 Å². The predicted molar refractivity (Wildman–Crippen MR) is 99.9 cm³/mol. The summed E-state index contributed by atoms with van der Waals surface area (Å²) < 4.78 is 0. The van der Waals surface area contributed by atoms with Crippen LogP contribution in [0.5, 0.6) is 0 Å². The van der Waals surface area contributed by atoms with E-state index in [2.05, 4.69) is 5.32 Å². The van der Waals surface area contributed by atoms with Gasteiger partial charge in [0, 0.05) is 29.4 Å². The third-order valence-corrected chi connectivity index (χ3v) is 4.74. The molecular formula is C20H21ClN2O2. The van der Waals surface area contributed by atoms with Crippen molar-refractivity contribution < 1.29 is 9.59 Å². The third-order valence-electron chi connectivity index (χ3n) is 4.49. The van der Waals surface area contributed by atoms with Crippen LogP contribution in [0.25, 0.3) is 0 Å². The Morgan fingerprint density at radius 3 is 2.44 bits per heavy atom. The summed E-state index contributed by atoms with van der Waals surface area (Å²) in [5.41, 5.74) is 2.51. The Labute approximate surface area is 152 Å². The van der Waals surface area contributed by atoms with Crippen LogP contribution >= 0.6 is 11.6 Å². The Hall–Kier alpha value is -2.33. The van der Waals surface area contributed by atoms with Crippen molar-refractivity contribution in [1.82, 2.24) is 4.90 Å². The zero-order valence-electron chi connectivity index (χ0n) is 14.2. The van der Waals surface area contributed by atoms with E-state index in [4.69, 9.17) is 11.6 Å². The smallest absolute Gasteiger partial charge is 0.253 e. The lowest BCUT2D eigenvalue weighted by atomic mass is 9.96. The van der Waals surface area contributed by atoms with Crippen LogP contribution < -0.4 is 5.32 Å². The molecule has 0 radical (unpaired) electrons. The van der Waals surface area contributed by atoms with E-state index in [9.17, 15) is 9.59 Å². The lowest BCUT2D eigenvalue weighted by Crippen LogP contribution is -2.43. The van der Waals surface area contributed by atoms with E-state index in [1.54, 1.807) is 29.2 Å². The third kappa shape index (κ3) is 4.40. The Morgan fingerprint density at radius 2 is 1.76 bits per heavy atom. The number of hydrogen-bond acceptors (Lipinski definition) is 2. The molecule has 2 aromatic rings. The number of anilines is 1. The van der Waals surface area contributed by atoms with Crippen molar-refractivity contribution in [1.29, 1.82) is 0 Å². The maximum atomic E-state index is 12.7. The first kappa shape index (κ1) is 17.5. The van der Waals surface area contributed by atoms with Crippen molar-refractivity contribution in [2.24, 2.45) is 5.92 Å². The summed E-state index contributed by atoms with van der Waals surface area (Å²) in [6.45, 7) is 3.13. The first-order chi connectivity index (χ1) is 12.0. The number of hydrogen-bond donors (Lipinski definition) is 1. The number of carbonyl (C=O) groups is 2. The minimum absolute atomic E-state index is 0.0102. The molecule has 0 saturated carbocycles. The Morgan fingerprint density at radius 1 is 1.08 bits per heavy atom. The molecule has 1 aliphatic heterocycles. The van der Waals surface area contributed by atoms with Gasteiger partial charge in [-0.15, -0.1) is 0 Å². The molecule has 5 heteroatoms. The van der Waals surface area contributed by atoms with Crippen LogP contribution in [-0.4, -0.2) is 29.8 Å². The van der Waals surface area contributed by atoms with E-state index >= 15 is 0 Å². The van der Waals surface area contributed by atoms with Crippen LogP contribution in [0.4, 0.5) is 5.69 Å². The van der Waals surface area contributed by atoms with Gasteiger partial charge in [0.05, 0.1) is 5.92 Å². The second-order valence-corrected chi connectivity index (χ2v) is 6.89. The van der Waals surface area contributed by atoms with Gasteiger partial charge < -0.3 is 10.2 Å². The average molecular weight is 357 g/mol. The topological polar surface area (TPSA) is 49.4 Å². The van der Waals surface area contributed by atoms with E-state index in [0.717, 1.165) is 24.1 Å². The number of halogens is 1. The molecule has 1 heterocycles. The summed E-state index contributed by atoms with van der Waals surface area (Å²) in [6, 6.07) is 14.6. The lowest BCUT2D eigenvalue weighted by molar-refractivity contribution is -0.121. The molecule has 1 saturated heterocycles. The van der Waals surface area contributed by atoms with Gasteiger partial charge in [0.15, 0.2) is 0 Å². The van der Waals surface area contributed by atoms with Gasteiger partial charge in [-0.1, -0.05) is 29.3 Å². The van der Waals surface area contributed by atoms with Gasteiger partial charge >= 0.3 is 0 Å². The number of amides is 2. The van der Waals surface area contributed by atoms with Crippen molar-refractivity contribution in [2.45, 2.75) is 19.8 Å². The first-order valence-corrected chi connectivity index (χ1v) is 8.83. The van der Waals surface area contributed by atoms with Gasteiger partial charge in [-0.05, 0) is 56.2 Å². The predicted octanol–water partition coefficient (Wildman–Crippen LogP) is 4.14. The van der Waals surface area contributed by atoms with Gasteiger partial charge in [-0.25, -0.2) is 0 Å². The molecule has 1 unspecified atom stereocenters. The normalized spacial score (nSPS) is 17.2. The highest BCUT2D eigenvalue weighted by molar-refractivity contribution is 6.30. The van der Waals surface area contributed by atoms with Crippen molar-refractivity contribution in [3.05, 3.63) is 64.7 Å². The molecular weight excluding hydrogens is 336 g/mol. The molecule has 0 aliphatic carbocycles. The summed E-state index contributed by atoms with van der Waals surface area (Å²) >= 11 is 5.86. The Kier molecular flexibility index (Phi) is 5.39. The monoisotopic (exact) mass is 356 g/mol. The highest BCUT2D eigenvalue weighted by Gasteiger charge is 2.28. The largest absolute Gasteiger partial charge is 0.338 e. The van der Waals surface area contributed by atoms with Crippen LogP contribution in [0.3, 0.4) is 0 Å². The van der Waals surface area contributed by atoms with Crippen molar-refractivity contribution in [2.75, 3.05) is 18.4 Å². The second kappa shape index (κ2) is 7.70. The summed E-state index contributed by atoms with van der Waals surface area (Å²) in [6.07, 6.45) is 1.62. The molecule has 1 atom stereocenters. The van der Waals surface area contributed by atoms with Gasteiger partial charge in [0.25, 0.3) is 5.91 Å². The number of rotatable bonds is 3. The maximum absolute atomic E-state index is 12.7. The number of likely N-dealkylation sites (tertiary alicyclic amines) is 1. The lowest BCUT2D eigenvalue weighted by Gasteiger charge is -2.32. The van der Waals surface area contributed by atoms with Crippen molar-refractivity contribution in [3.63, 3.8) is 0 Å². The van der Waals surface area contributed by atoms with Gasteiger partial charge in [-0.3, -0.25) is 9.59 Å².